The van der Waals surface area contributed by atoms with Gasteiger partial charge in [0.25, 0.3) is 6.02 Å². The Balaban J connectivity index is 1.07. The van der Waals surface area contributed by atoms with E-state index in [2.05, 4.69) is 59.2 Å². The van der Waals surface area contributed by atoms with Gasteiger partial charge in [0, 0.05) is 31.5 Å². The SMILES string of the molecule is CC1(C)OCC(CN=C(NCC2COC(C)(C)O2)OC2CNC(C(c3ccc(C4CCCCC4)cc3)c3ccc(C4CCCCC4)cc3)C2)O1. The molecule has 8 nitrogen and oxygen atoms in total. The first kappa shape index (κ1) is 35.9. The smallest absolute Gasteiger partial charge is 0.285 e. The van der Waals surface area contributed by atoms with Crippen LogP contribution in [0.3, 0.4) is 0 Å². The summed E-state index contributed by atoms with van der Waals surface area (Å²) in [5, 5.41) is 7.34. The molecule has 3 saturated heterocycles. The lowest BCUT2D eigenvalue weighted by Crippen LogP contribution is -2.38. The van der Waals surface area contributed by atoms with Gasteiger partial charge in [-0.15, -0.1) is 0 Å². The summed E-state index contributed by atoms with van der Waals surface area (Å²) >= 11 is 0. The van der Waals surface area contributed by atoms with Gasteiger partial charge in [-0.2, -0.15) is 0 Å². The first-order valence-corrected chi connectivity index (χ1v) is 19.7. The molecule has 0 bridgehead atoms. The Morgan fingerprint density at radius 2 is 1.28 bits per heavy atom. The normalized spacial score (nSPS) is 29.1. The molecule has 5 aliphatic rings. The van der Waals surface area contributed by atoms with Crippen LogP contribution >= 0.6 is 0 Å². The Morgan fingerprint density at radius 1 is 0.760 bits per heavy atom. The average Bonchev–Trinajstić information content (AvgIpc) is 3.84. The summed E-state index contributed by atoms with van der Waals surface area (Å²) < 4.78 is 30.4. The number of nitrogens with one attached hydrogen (secondary N) is 2. The minimum Gasteiger partial charge on any atom is -0.461 e. The zero-order chi connectivity index (χ0) is 34.6. The van der Waals surface area contributed by atoms with Gasteiger partial charge in [-0.05, 0) is 87.5 Å². The minimum absolute atomic E-state index is 0.0221. The first-order valence-electron chi connectivity index (χ1n) is 19.7. The van der Waals surface area contributed by atoms with Gasteiger partial charge in [0.15, 0.2) is 11.6 Å². The van der Waals surface area contributed by atoms with E-state index in [9.17, 15) is 0 Å². The van der Waals surface area contributed by atoms with Crippen LogP contribution in [-0.4, -0.2) is 74.8 Å². The fourth-order valence-electron chi connectivity index (χ4n) is 8.95. The lowest BCUT2D eigenvalue weighted by Gasteiger charge is -2.28. The number of hydrogen-bond acceptors (Lipinski definition) is 7. The van der Waals surface area contributed by atoms with Crippen molar-refractivity contribution in [1.29, 1.82) is 0 Å². The zero-order valence-electron chi connectivity index (χ0n) is 31.0. The summed E-state index contributed by atoms with van der Waals surface area (Å²) in [6, 6.07) is 20.1. The lowest BCUT2D eigenvalue weighted by atomic mass is 9.79. The second-order valence-corrected chi connectivity index (χ2v) is 16.4. The number of rotatable bonds is 10. The summed E-state index contributed by atoms with van der Waals surface area (Å²) in [5.41, 5.74) is 5.77. The van der Waals surface area contributed by atoms with Crippen molar-refractivity contribution in [2.75, 3.05) is 32.8 Å². The fraction of sp³-hybridized carbons (Fsp3) is 0.690. The predicted molar refractivity (Wildman–Crippen MR) is 198 cm³/mol. The van der Waals surface area contributed by atoms with Crippen molar-refractivity contribution in [3.63, 3.8) is 0 Å². The molecule has 5 fully saturated rings. The Hall–Kier alpha value is -2.49. The second kappa shape index (κ2) is 16.0. The number of benzene rings is 2. The van der Waals surface area contributed by atoms with Crippen LogP contribution in [-0.2, 0) is 23.7 Å². The molecule has 2 aromatic rings. The van der Waals surface area contributed by atoms with E-state index in [-0.39, 0.29) is 30.3 Å². The highest BCUT2D eigenvalue weighted by Crippen LogP contribution is 2.38. The number of aliphatic imine (C=N–C) groups is 1. The number of nitrogens with zero attached hydrogens (tertiary/aromatic N) is 1. The van der Waals surface area contributed by atoms with Crippen LogP contribution in [0.15, 0.2) is 53.5 Å². The van der Waals surface area contributed by atoms with Crippen LogP contribution in [0.25, 0.3) is 0 Å². The van der Waals surface area contributed by atoms with E-state index < -0.39 is 11.6 Å². The van der Waals surface area contributed by atoms with E-state index in [1.54, 1.807) is 0 Å². The Kier molecular flexibility index (Phi) is 11.5. The van der Waals surface area contributed by atoms with Crippen LogP contribution in [0.5, 0.6) is 0 Å². The van der Waals surface area contributed by atoms with Crippen LogP contribution in [0.1, 0.15) is 138 Å². The molecule has 3 heterocycles. The highest BCUT2D eigenvalue weighted by molar-refractivity contribution is 5.74. The summed E-state index contributed by atoms with van der Waals surface area (Å²) in [5.74, 6) is 0.480. The molecule has 2 N–H and O–H groups in total. The highest BCUT2D eigenvalue weighted by Gasteiger charge is 2.37. The van der Waals surface area contributed by atoms with E-state index in [4.69, 9.17) is 28.7 Å². The lowest BCUT2D eigenvalue weighted by molar-refractivity contribution is -0.137. The van der Waals surface area contributed by atoms with Gasteiger partial charge in [-0.25, -0.2) is 4.99 Å². The van der Waals surface area contributed by atoms with E-state index in [1.807, 2.05) is 27.7 Å². The fourth-order valence-corrected chi connectivity index (χ4v) is 8.95. The molecular formula is C42H61N3O5. The molecule has 2 aliphatic carbocycles. The molecule has 0 spiro atoms. The molecule has 4 atom stereocenters. The molecule has 0 aromatic heterocycles. The Labute approximate surface area is 300 Å². The van der Waals surface area contributed by atoms with Crippen molar-refractivity contribution < 1.29 is 23.7 Å². The summed E-state index contributed by atoms with van der Waals surface area (Å²) in [4.78, 5) is 4.88. The Bertz CT molecular complexity index is 1340. The Morgan fingerprint density at radius 3 is 1.78 bits per heavy atom. The third-order valence-electron chi connectivity index (χ3n) is 11.6. The zero-order valence-corrected chi connectivity index (χ0v) is 31.0. The highest BCUT2D eigenvalue weighted by atomic mass is 16.7. The minimum atomic E-state index is -0.587. The van der Waals surface area contributed by atoms with Crippen molar-refractivity contribution in [2.45, 2.75) is 152 Å². The monoisotopic (exact) mass is 687 g/mol. The van der Waals surface area contributed by atoms with Gasteiger partial charge in [0.1, 0.15) is 18.3 Å². The van der Waals surface area contributed by atoms with Gasteiger partial charge >= 0.3 is 0 Å². The topological polar surface area (TPSA) is 82.6 Å². The summed E-state index contributed by atoms with van der Waals surface area (Å²) in [7, 11) is 0. The summed E-state index contributed by atoms with van der Waals surface area (Å²) in [6.07, 6.45) is 14.2. The van der Waals surface area contributed by atoms with Crippen molar-refractivity contribution in [1.82, 2.24) is 10.6 Å². The van der Waals surface area contributed by atoms with Gasteiger partial charge in [0.2, 0.25) is 0 Å². The van der Waals surface area contributed by atoms with Crippen molar-refractivity contribution in [2.24, 2.45) is 4.99 Å². The van der Waals surface area contributed by atoms with E-state index in [0.29, 0.717) is 44.2 Å². The van der Waals surface area contributed by atoms with Crippen molar-refractivity contribution >= 4 is 6.02 Å². The van der Waals surface area contributed by atoms with Crippen LogP contribution in [0.4, 0.5) is 0 Å². The van der Waals surface area contributed by atoms with Gasteiger partial charge < -0.3 is 34.3 Å². The molecule has 3 aliphatic heterocycles. The molecule has 274 valence electrons. The van der Waals surface area contributed by atoms with Gasteiger partial charge in [-0.3, -0.25) is 0 Å². The molecule has 2 aromatic carbocycles. The van der Waals surface area contributed by atoms with Crippen LogP contribution in [0.2, 0.25) is 0 Å². The molecule has 0 amide bonds. The average molecular weight is 688 g/mol. The predicted octanol–water partition coefficient (Wildman–Crippen LogP) is 7.91. The molecule has 2 saturated carbocycles. The maximum absolute atomic E-state index is 6.67. The third-order valence-corrected chi connectivity index (χ3v) is 11.6. The molecule has 50 heavy (non-hydrogen) atoms. The van der Waals surface area contributed by atoms with E-state index >= 15 is 0 Å². The van der Waals surface area contributed by atoms with E-state index in [1.165, 1.54) is 86.5 Å². The summed E-state index contributed by atoms with van der Waals surface area (Å²) in [6.45, 7) is 10.6. The second-order valence-electron chi connectivity index (χ2n) is 16.4. The van der Waals surface area contributed by atoms with Crippen LogP contribution in [0, 0.1) is 0 Å². The molecular weight excluding hydrogens is 626 g/mol. The molecule has 8 heteroatoms. The quantitative estimate of drug-likeness (QED) is 0.194. The van der Waals surface area contributed by atoms with Crippen molar-refractivity contribution in [3.05, 3.63) is 70.8 Å². The number of hydrogen-bond donors (Lipinski definition) is 2. The molecule has 7 rings (SSSR count). The van der Waals surface area contributed by atoms with Gasteiger partial charge in [0.05, 0.1) is 19.8 Å². The largest absolute Gasteiger partial charge is 0.461 e. The van der Waals surface area contributed by atoms with Gasteiger partial charge in [-0.1, -0.05) is 87.1 Å². The third kappa shape index (κ3) is 9.29. The van der Waals surface area contributed by atoms with E-state index in [0.717, 1.165) is 13.0 Å². The maximum Gasteiger partial charge on any atom is 0.285 e. The molecule has 0 radical (unpaired) electrons. The first-order chi connectivity index (χ1) is 24.2. The standard InChI is InChI=1S/C42H61N3O5/c1-41(2)46-27-36(49-41)25-44-40(45-26-37-28-47-42(3,4)50-37)48-35-23-38(43-24-35)39(33-19-15-31(16-20-33)29-11-7-5-8-12-29)34-21-17-32(18-22-34)30-13-9-6-10-14-30/h15-22,29-30,35-39,43H,5-14,23-28H2,1-4H3,(H,44,45). The number of amidine groups is 1. The molecule has 4 unspecified atom stereocenters. The van der Waals surface area contributed by atoms with Crippen molar-refractivity contribution in [3.8, 4) is 0 Å². The van der Waals surface area contributed by atoms with Crippen LogP contribution < -0.4 is 10.6 Å². The number of ether oxygens (including phenoxy) is 5. The maximum atomic E-state index is 6.67.